The Bertz CT molecular complexity index is 3880. The van der Waals surface area contributed by atoms with Crippen LogP contribution in [0.3, 0.4) is 0 Å². The summed E-state index contributed by atoms with van der Waals surface area (Å²) >= 11 is 1.73. The van der Waals surface area contributed by atoms with Crippen molar-refractivity contribution in [1.29, 1.82) is 0 Å². The molecular formula is C55H34N4S. The van der Waals surface area contributed by atoms with Crippen LogP contribution in [0, 0.1) is 0 Å². The van der Waals surface area contributed by atoms with Crippen molar-refractivity contribution in [2.45, 2.75) is 0 Å². The first-order valence-corrected chi connectivity index (χ1v) is 20.5. The van der Waals surface area contributed by atoms with Gasteiger partial charge in [0, 0.05) is 47.6 Å². The van der Waals surface area contributed by atoms with Crippen LogP contribution in [0.15, 0.2) is 206 Å². The molecule has 0 bridgehead atoms. The zero-order valence-electron chi connectivity index (χ0n) is 37.9. The summed E-state index contributed by atoms with van der Waals surface area (Å²) in [4.78, 5) is 15.6. The van der Waals surface area contributed by atoms with E-state index in [1.165, 1.54) is 22.2 Å². The van der Waals surface area contributed by atoms with E-state index >= 15 is 0 Å². The Labute approximate surface area is 358 Å². The fraction of sp³-hybridized carbons (Fsp3) is 0. The van der Waals surface area contributed by atoms with Crippen molar-refractivity contribution in [3.63, 3.8) is 0 Å². The van der Waals surface area contributed by atoms with Crippen molar-refractivity contribution in [1.82, 2.24) is 19.5 Å². The van der Waals surface area contributed by atoms with Gasteiger partial charge < -0.3 is 4.57 Å². The van der Waals surface area contributed by atoms with Gasteiger partial charge in [-0.3, -0.25) is 0 Å². The third-order valence-electron chi connectivity index (χ3n) is 11.2. The second-order valence-electron chi connectivity index (χ2n) is 14.7. The molecule has 3 aromatic heterocycles. The third-order valence-corrected chi connectivity index (χ3v) is 12.5. The molecular weight excluding hydrogens is 749 g/mol. The van der Waals surface area contributed by atoms with Gasteiger partial charge in [0.25, 0.3) is 0 Å². The van der Waals surface area contributed by atoms with Crippen molar-refractivity contribution in [2.75, 3.05) is 0 Å². The van der Waals surface area contributed by atoms with Gasteiger partial charge in [0.15, 0.2) is 17.5 Å². The highest BCUT2D eigenvalue weighted by Crippen LogP contribution is 2.43. The van der Waals surface area contributed by atoms with Crippen molar-refractivity contribution in [3.8, 4) is 62.1 Å². The number of hydrogen-bond acceptors (Lipinski definition) is 4. The van der Waals surface area contributed by atoms with E-state index in [1.54, 1.807) is 15.9 Å². The lowest BCUT2D eigenvalue weighted by atomic mass is 9.97. The molecule has 0 saturated carbocycles. The van der Waals surface area contributed by atoms with Gasteiger partial charge >= 0.3 is 0 Å². The average Bonchev–Trinajstić information content (AvgIpc) is 3.93. The first kappa shape index (κ1) is 28.6. The van der Waals surface area contributed by atoms with Crippen LogP contribution in [0.2, 0.25) is 0 Å². The van der Waals surface area contributed by atoms with Gasteiger partial charge in [-0.1, -0.05) is 176 Å². The van der Waals surface area contributed by atoms with Gasteiger partial charge in [-0.15, -0.1) is 11.3 Å². The molecule has 0 radical (unpaired) electrons. The van der Waals surface area contributed by atoms with Crippen LogP contribution >= 0.6 is 11.3 Å². The second-order valence-corrected chi connectivity index (χ2v) is 15.7. The summed E-state index contributed by atoms with van der Waals surface area (Å²) in [5, 5.41) is 4.98. The van der Waals surface area contributed by atoms with E-state index in [4.69, 9.17) is 20.4 Å². The summed E-state index contributed by atoms with van der Waals surface area (Å²) in [6.45, 7) is 0. The highest BCUT2D eigenvalue weighted by molar-refractivity contribution is 7.26. The Balaban J connectivity index is 1.15. The standard InChI is InChI=1S/C55H34N4S/c1-2-15-37(16-3-1)53-56-54(38-30-28-36(29-31-38)41-22-12-17-35-14-4-5-18-40(35)41)58-55(57-53)47-34-39(42-23-13-24-46-45-21-8-11-27-51(45)60-52(42)46)32-33-50(47)59-48-25-9-6-19-43(48)44-20-7-10-26-49(44)59/h1-34H/i6D,7D,19D,20D,25D,26D. The fourth-order valence-electron chi connectivity index (χ4n) is 8.43. The zero-order chi connectivity index (χ0) is 44.8. The molecule has 0 unspecified atom stereocenters. The van der Waals surface area contributed by atoms with Crippen molar-refractivity contribution in [3.05, 3.63) is 206 Å². The summed E-state index contributed by atoms with van der Waals surface area (Å²) in [5.74, 6) is 1.22. The number of para-hydroxylation sites is 2. The summed E-state index contributed by atoms with van der Waals surface area (Å²) in [6.07, 6.45) is 0. The van der Waals surface area contributed by atoms with Crippen LogP contribution in [-0.4, -0.2) is 19.5 Å². The van der Waals surface area contributed by atoms with Gasteiger partial charge in [0.2, 0.25) is 0 Å². The Morgan fingerprint density at radius 1 is 0.400 bits per heavy atom. The van der Waals surface area contributed by atoms with Crippen LogP contribution in [-0.2, 0) is 0 Å². The highest BCUT2D eigenvalue weighted by atomic mass is 32.1. The number of hydrogen-bond donors (Lipinski definition) is 0. The molecule has 0 amide bonds. The Kier molecular flexibility index (Phi) is 6.67. The Morgan fingerprint density at radius 3 is 1.77 bits per heavy atom. The minimum Gasteiger partial charge on any atom is -0.309 e. The maximum atomic E-state index is 9.30. The molecule has 0 aliphatic heterocycles. The molecule has 12 aromatic rings. The van der Waals surface area contributed by atoms with Crippen molar-refractivity contribution < 1.29 is 8.22 Å². The summed E-state index contributed by atoms with van der Waals surface area (Å²) in [5.41, 5.74) is 7.17. The summed E-state index contributed by atoms with van der Waals surface area (Å²) < 4.78 is 58.1. The lowest BCUT2D eigenvalue weighted by molar-refractivity contribution is 1.06. The predicted molar refractivity (Wildman–Crippen MR) is 252 cm³/mol. The van der Waals surface area contributed by atoms with Gasteiger partial charge in [0.05, 0.1) is 24.9 Å². The molecule has 5 heteroatoms. The molecule has 0 saturated heterocycles. The molecule has 4 nitrogen and oxygen atoms in total. The van der Waals surface area contributed by atoms with E-state index in [0.29, 0.717) is 28.7 Å². The van der Waals surface area contributed by atoms with Crippen LogP contribution in [0.1, 0.15) is 8.22 Å². The summed E-state index contributed by atoms with van der Waals surface area (Å²) in [6, 6.07) is 55.1. The average molecular weight is 789 g/mol. The van der Waals surface area contributed by atoms with Crippen molar-refractivity contribution in [2.24, 2.45) is 0 Å². The molecule has 0 atom stereocenters. The van der Waals surface area contributed by atoms with E-state index in [9.17, 15) is 2.74 Å². The number of aromatic nitrogens is 4. The van der Waals surface area contributed by atoms with E-state index in [0.717, 1.165) is 54.2 Å². The molecule has 0 spiro atoms. The van der Waals surface area contributed by atoms with Gasteiger partial charge in [-0.25, -0.2) is 15.0 Å². The first-order valence-electron chi connectivity index (χ1n) is 22.7. The number of nitrogens with zero attached hydrogens (tertiary/aromatic N) is 4. The van der Waals surface area contributed by atoms with E-state index < -0.39 is 0 Å². The van der Waals surface area contributed by atoms with Crippen LogP contribution < -0.4 is 0 Å². The minimum absolute atomic E-state index is 0.0507. The van der Waals surface area contributed by atoms with E-state index in [2.05, 4.69) is 91.0 Å². The minimum atomic E-state index is -0.182. The lowest BCUT2D eigenvalue weighted by Crippen LogP contribution is -2.04. The summed E-state index contributed by atoms with van der Waals surface area (Å²) in [7, 11) is 0. The van der Waals surface area contributed by atoms with Crippen LogP contribution in [0.25, 0.3) is 115 Å². The number of benzene rings is 9. The quantitative estimate of drug-likeness (QED) is 0.169. The molecule has 9 aromatic carbocycles. The predicted octanol–water partition coefficient (Wildman–Crippen LogP) is 14.8. The van der Waals surface area contributed by atoms with Gasteiger partial charge in [-0.2, -0.15) is 0 Å². The maximum Gasteiger partial charge on any atom is 0.166 e. The smallest absolute Gasteiger partial charge is 0.166 e. The molecule has 0 aliphatic rings. The molecule has 60 heavy (non-hydrogen) atoms. The molecule has 0 fully saturated rings. The van der Waals surface area contributed by atoms with E-state index in [1.807, 2.05) is 66.7 Å². The Morgan fingerprint density at radius 2 is 0.983 bits per heavy atom. The molecule has 0 aliphatic carbocycles. The lowest BCUT2D eigenvalue weighted by Gasteiger charge is -2.16. The maximum absolute atomic E-state index is 9.30. The largest absolute Gasteiger partial charge is 0.309 e. The van der Waals surface area contributed by atoms with Gasteiger partial charge in [0.1, 0.15) is 0 Å². The second kappa shape index (κ2) is 14.0. The van der Waals surface area contributed by atoms with E-state index in [-0.39, 0.29) is 58.1 Å². The highest BCUT2D eigenvalue weighted by Gasteiger charge is 2.21. The van der Waals surface area contributed by atoms with Gasteiger partial charge in [-0.05, 0) is 63.3 Å². The number of thiophene rings is 1. The topological polar surface area (TPSA) is 43.6 Å². The molecule has 12 rings (SSSR count). The third kappa shape index (κ3) is 5.63. The molecule has 3 heterocycles. The first-order chi connectivity index (χ1) is 32.2. The number of rotatable bonds is 6. The fourth-order valence-corrected chi connectivity index (χ4v) is 9.66. The van der Waals surface area contributed by atoms with Crippen molar-refractivity contribution >= 4 is 64.1 Å². The monoisotopic (exact) mass is 788 g/mol. The SMILES string of the molecule is [2H]c1cc([2H])c2c(c1[2H])c1c([2H])c([2H])cc([2H])c1n2-c1ccc(-c2cccc3c2sc2ccccc23)cc1-c1nc(-c2ccccc2)nc(-c2ccc(-c3cccc4ccccc34)cc2)n1. The Hall–Kier alpha value is -7.73. The number of fused-ring (bicyclic) bond motifs is 7. The zero-order valence-corrected chi connectivity index (χ0v) is 32.7. The molecule has 280 valence electrons. The molecule has 0 N–H and O–H groups in total. The normalized spacial score (nSPS) is 13.1. The van der Waals surface area contributed by atoms with Crippen LogP contribution in [0.4, 0.5) is 0 Å². The van der Waals surface area contributed by atoms with Crippen LogP contribution in [0.5, 0.6) is 0 Å².